The van der Waals surface area contributed by atoms with Gasteiger partial charge in [0.25, 0.3) is 5.91 Å². The molecule has 7 heteroatoms. The van der Waals surface area contributed by atoms with Crippen LogP contribution in [0.2, 0.25) is 0 Å². The van der Waals surface area contributed by atoms with Gasteiger partial charge in [0.1, 0.15) is 11.5 Å². The quantitative estimate of drug-likeness (QED) is 0.790. The second-order valence-corrected chi connectivity index (χ2v) is 4.30. The van der Waals surface area contributed by atoms with Crippen molar-refractivity contribution in [3.8, 4) is 11.5 Å². The van der Waals surface area contributed by atoms with Gasteiger partial charge < -0.3 is 14.3 Å². The fraction of sp³-hybridized carbons (Fsp3) is 0.154. The summed E-state index contributed by atoms with van der Waals surface area (Å²) in [6.45, 7) is 1.75. The molecule has 0 radical (unpaired) electrons. The molecule has 7 nitrogen and oxygen atoms in total. The summed E-state index contributed by atoms with van der Waals surface area (Å²) in [5, 5.41) is 10.6. The number of hydrogen-bond acceptors (Lipinski definition) is 5. The molecule has 0 aliphatic carbocycles. The molecule has 0 fully saturated rings. The van der Waals surface area contributed by atoms with Crippen molar-refractivity contribution < 1.29 is 13.7 Å². The molecule has 3 heterocycles. The lowest BCUT2D eigenvalue weighted by molar-refractivity contribution is 0.0987. The van der Waals surface area contributed by atoms with Crippen LogP contribution in [0.1, 0.15) is 16.2 Å². The second-order valence-electron chi connectivity index (χ2n) is 4.30. The number of amides is 1. The Kier molecular flexibility index (Phi) is 2.86. The van der Waals surface area contributed by atoms with Gasteiger partial charge in [-0.05, 0) is 19.1 Å². The van der Waals surface area contributed by atoms with Crippen LogP contribution in [0.4, 0.5) is 5.82 Å². The van der Waals surface area contributed by atoms with E-state index in [1.165, 1.54) is 0 Å². The van der Waals surface area contributed by atoms with Gasteiger partial charge in [0.2, 0.25) is 5.76 Å². The van der Waals surface area contributed by atoms with Crippen LogP contribution in [-0.2, 0) is 7.05 Å². The zero-order chi connectivity index (χ0) is 14.1. The van der Waals surface area contributed by atoms with Gasteiger partial charge in [-0.1, -0.05) is 5.16 Å². The maximum absolute atomic E-state index is 12.0. The standard InChI is InChI=1S/C13H12N4O3/c1-8-6-11(20-16-8)13(18)14-12-7-9(15-17(12)2)10-4-3-5-19-10/h3-7H,1-2H3,(H,14,18). The first-order chi connectivity index (χ1) is 9.63. The predicted octanol–water partition coefficient (Wildman–Crippen LogP) is 2.23. The van der Waals surface area contributed by atoms with Crippen molar-refractivity contribution >= 4 is 11.7 Å². The lowest BCUT2D eigenvalue weighted by Gasteiger charge is -2.01. The molecule has 102 valence electrons. The molecule has 20 heavy (non-hydrogen) atoms. The van der Waals surface area contributed by atoms with Crippen molar-refractivity contribution in [1.82, 2.24) is 14.9 Å². The molecule has 0 unspecified atom stereocenters. The molecular formula is C13H12N4O3. The molecule has 0 aromatic carbocycles. The zero-order valence-electron chi connectivity index (χ0n) is 11.0. The third-order valence-corrected chi connectivity index (χ3v) is 2.75. The molecule has 0 bridgehead atoms. The average molecular weight is 272 g/mol. The van der Waals surface area contributed by atoms with E-state index in [2.05, 4.69) is 15.6 Å². The molecular weight excluding hydrogens is 260 g/mol. The van der Waals surface area contributed by atoms with Crippen LogP contribution in [0.15, 0.2) is 39.5 Å². The molecule has 1 amide bonds. The van der Waals surface area contributed by atoms with E-state index in [4.69, 9.17) is 8.94 Å². The van der Waals surface area contributed by atoms with Crippen LogP contribution >= 0.6 is 0 Å². The first-order valence-electron chi connectivity index (χ1n) is 5.96. The number of furan rings is 1. The van der Waals surface area contributed by atoms with E-state index >= 15 is 0 Å². The summed E-state index contributed by atoms with van der Waals surface area (Å²) >= 11 is 0. The number of anilines is 1. The summed E-state index contributed by atoms with van der Waals surface area (Å²) < 4.78 is 11.7. The Morgan fingerprint density at radius 3 is 2.90 bits per heavy atom. The third-order valence-electron chi connectivity index (χ3n) is 2.75. The Morgan fingerprint density at radius 1 is 1.40 bits per heavy atom. The first-order valence-corrected chi connectivity index (χ1v) is 5.96. The van der Waals surface area contributed by atoms with Crippen molar-refractivity contribution in [3.05, 3.63) is 42.0 Å². The third kappa shape index (κ3) is 2.20. The summed E-state index contributed by atoms with van der Waals surface area (Å²) in [6, 6.07) is 6.87. The van der Waals surface area contributed by atoms with Crippen molar-refractivity contribution in [2.45, 2.75) is 6.92 Å². The van der Waals surface area contributed by atoms with Crippen molar-refractivity contribution in [2.24, 2.45) is 7.05 Å². The van der Waals surface area contributed by atoms with E-state index in [1.54, 1.807) is 49.2 Å². The lowest BCUT2D eigenvalue weighted by Crippen LogP contribution is -2.13. The van der Waals surface area contributed by atoms with Crippen LogP contribution in [-0.4, -0.2) is 20.8 Å². The number of aromatic nitrogens is 3. The molecule has 3 rings (SSSR count). The van der Waals surface area contributed by atoms with E-state index in [9.17, 15) is 4.79 Å². The molecule has 0 aliphatic heterocycles. The minimum absolute atomic E-state index is 0.156. The Balaban J connectivity index is 1.83. The summed E-state index contributed by atoms with van der Waals surface area (Å²) in [5.74, 6) is 0.954. The van der Waals surface area contributed by atoms with Crippen molar-refractivity contribution in [2.75, 3.05) is 5.32 Å². The highest BCUT2D eigenvalue weighted by molar-refractivity contribution is 6.01. The average Bonchev–Trinajstić information content (AvgIpc) is 3.11. The number of rotatable bonds is 3. The number of carbonyl (C=O) groups is 1. The molecule has 3 aromatic rings. The maximum atomic E-state index is 12.0. The molecule has 0 saturated heterocycles. The second kappa shape index (κ2) is 4.69. The van der Waals surface area contributed by atoms with Crippen molar-refractivity contribution in [3.63, 3.8) is 0 Å². The lowest BCUT2D eigenvalue weighted by atomic mass is 10.3. The Morgan fingerprint density at radius 2 is 2.25 bits per heavy atom. The minimum atomic E-state index is -0.375. The van der Waals surface area contributed by atoms with E-state index in [-0.39, 0.29) is 11.7 Å². The maximum Gasteiger partial charge on any atom is 0.295 e. The van der Waals surface area contributed by atoms with Crippen LogP contribution in [0.3, 0.4) is 0 Å². The zero-order valence-corrected chi connectivity index (χ0v) is 11.0. The molecule has 0 atom stereocenters. The number of nitrogens with zero attached hydrogens (tertiary/aromatic N) is 3. The van der Waals surface area contributed by atoms with E-state index in [0.717, 1.165) is 0 Å². The molecule has 0 aliphatic rings. The summed E-state index contributed by atoms with van der Waals surface area (Å²) in [7, 11) is 1.73. The summed E-state index contributed by atoms with van der Waals surface area (Å²) in [4.78, 5) is 12.0. The highest BCUT2D eigenvalue weighted by Gasteiger charge is 2.15. The van der Waals surface area contributed by atoms with Gasteiger partial charge in [-0.3, -0.25) is 9.48 Å². The SMILES string of the molecule is Cc1cc(C(=O)Nc2cc(-c3ccco3)nn2C)on1. The Hall–Kier alpha value is -2.83. The topological polar surface area (TPSA) is 86.1 Å². The van der Waals surface area contributed by atoms with Gasteiger partial charge in [-0.25, -0.2) is 0 Å². The monoisotopic (exact) mass is 272 g/mol. The minimum Gasteiger partial charge on any atom is -0.463 e. The number of hydrogen-bond donors (Lipinski definition) is 1. The number of aryl methyl sites for hydroxylation is 2. The summed E-state index contributed by atoms with van der Waals surface area (Å²) in [5.41, 5.74) is 1.29. The Labute approximate surface area is 114 Å². The van der Waals surface area contributed by atoms with Crippen LogP contribution in [0, 0.1) is 6.92 Å². The van der Waals surface area contributed by atoms with Crippen LogP contribution < -0.4 is 5.32 Å². The highest BCUT2D eigenvalue weighted by Crippen LogP contribution is 2.22. The molecule has 0 spiro atoms. The number of carbonyl (C=O) groups excluding carboxylic acids is 1. The summed E-state index contributed by atoms with van der Waals surface area (Å²) in [6.07, 6.45) is 1.57. The molecule has 3 aromatic heterocycles. The van der Waals surface area contributed by atoms with Crippen LogP contribution in [0.5, 0.6) is 0 Å². The highest BCUT2D eigenvalue weighted by atomic mass is 16.5. The molecule has 0 saturated carbocycles. The normalized spacial score (nSPS) is 10.7. The van der Waals surface area contributed by atoms with Gasteiger partial charge >= 0.3 is 0 Å². The fourth-order valence-corrected chi connectivity index (χ4v) is 1.78. The number of nitrogens with one attached hydrogen (secondary N) is 1. The fourth-order valence-electron chi connectivity index (χ4n) is 1.78. The predicted molar refractivity (Wildman–Crippen MR) is 70.1 cm³/mol. The van der Waals surface area contributed by atoms with E-state index in [1.807, 2.05) is 0 Å². The first kappa shape index (κ1) is 12.2. The van der Waals surface area contributed by atoms with Crippen molar-refractivity contribution in [1.29, 1.82) is 0 Å². The van der Waals surface area contributed by atoms with Gasteiger partial charge in [0.15, 0.2) is 5.76 Å². The smallest absolute Gasteiger partial charge is 0.295 e. The van der Waals surface area contributed by atoms with Gasteiger partial charge in [-0.15, -0.1) is 0 Å². The van der Waals surface area contributed by atoms with Gasteiger partial charge in [0.05, 0.1) is 12.0 Å². The van der Waals surface area contributed by atoms with Gasteiger partial charge in [-0.2, -0.15) is 5.10 Å². The van der Waals surface area contributed by atoms with Gasteiger partial charge in [0, 0.05) is 19.2 Å². The van der Waals surface area contributed by atoms with E-state index in [0.29, 0.717) is 23.0 Å². The van der Waals surface area contributed by atoms with E-state index < -0.39 is 0 Å². The Bertz CT molecular complexity index is 740. The van der Waals surface area contributed by atoms with Crippen LogP contribution in [0.25, 0.3) is 11.5 Å². The largest absolute Gasteiger partial charge is 0.463 e. The molecule has 1 N–H and O–H groups in total.